The number of nitrogens with zero attached hydrogens (tertiary/aromatic N) is 3. The van der Waals surface area contributed by atoms with Crippen LogP contribution < -0.4 is 10.6 Å². The molecule has 0 unspecified atom stereocenters. The van der Waals surface area contributed by atoms with Crippen molar-refractivity contribution in [1.29, 1.82) is 0 Å². The third kappa shape index (κ3) is 4.08. The molecule has 6 heteroatoms. The Labute approximate surface area is 123 Å². The number of nitrogens with two attached hydrogens (primary N) is 1. The number of ether oxygens (including phenoxy) is 1. The number of benzene rings is 1. The molecule has 2 N–H and O–H groups in total. The third-order valence-corrected chi connectivity index (χ3v) is 3.00. The van der Waals surface area contributed by atoms with Gasteiger partial charge >= 0.3 is 0 Å². The van der Waals surface area contributed by atoms with E-state index in [1.807, 2.05) is 18.2 Å². The number of rotatable bonds is 6. The molecule has 106 valence electrons. The average Bonchev–Trinajstić information content (AvgIpc) is 2.43. The number of hydrogen-bond acceptors (Lipinski definition) is 5. The molecule has 0 saturated carbocycles. The van der Waals surface area contributed by atoms with Gasteiger partial charge in [0.05, 0.1) is 6.61 Å². The lowest BCUT2D eigenvalue weighted by Crippen LogP contribution is -2.28. The highest BCUT2D eigenvalue weighted by atomic mass is 35.5. The second kappa shape index (κ2) is 7.07. The summed E-state index contributed by atoms with van der Waals surface area (Å²) in [7, 11) is 1.67. The summed E-state index contributed by atoms with van der Waals surface area (Å²) >= 11 is 5.94. The van der Waals surface area contributed by atoms with Crippen molar-refractivity contribution in [1.82, 2.24) is 9.97 Å². The monoisotopic (exact) mass is 292 g/mol. The molecule has 0 fully saturated rings. The van der Waals surface area contributed by atoms with Gasteiger partial charge in [-0.05, 0) is 5.56 Å². The lowest BCUT2D eigenvalue weighted by molar-refractivity contribution is 0.205. The molecule has 0 radical (unpaired) electrons. The fourth-order valence-corrected chi connectivity index (χ4v) is 2.05. The molecule has 0 aliphatic heterocycles. The topological polar surface area (TPSA) is 64.3 Å². The minimum Gasteiger partial charge on any atom is -0.383 e. The number of hydrogen-bond donors (Lipinski definition) is 1. The summed E-state index contributed by atoms with van der Waals surface area (Å²) in [4.78, 5) is 10.2. The van der Waals surface area contributed by atoms with Gasteiger partial charge in [-0.3, -0.25) is 0 Å². The van der Waals surface area contributed by atoms with Gasteiger partial charge in [0.2, 0.25) is 5.95 Å². The molecular weight excluding hydrogens is 276 g/mol. The zero-order valence-electron chi connectivity index (χ0n) is 11.3. The summed E-state index contributed by atoms with van der Waals surface area (Å²) in [5, 5.41) is 0.336. The van der Waals surface area contributed by atoms with E-state index in [-0.39, 0.29) is 5.95 Å². The third-order valence-electron chi connectivity index (χ3n) is 2.80. The highest BCUT2D eigenvalue weighted by Gasteiger charge is 2.11. The van der Waals surface area contributed by atoms with Crippen LogP contribution in [-0.2, 0) is 11.3 Å². The Morgan fingerprint density at radius 1 is 1.25 bits per heavy atom. The molecule has 2 aromatic rings. The normalized spacial score (nSPS) is 10.5. The van der Waals surface area contributed by atoms with Crippen LogP contribution in [0.5, 0.6) is 0 Å². The molecule has 1 aromatic carbocycles. The van der Waals surface area contributed by atoms with Gasteiger partial charge in [0.25, 0.3) is 0 Å². The summed E-state index contributed by atoms with van der Waals surface area (Å²) in [6.45, 7) is 1.99. The van der Waals surface area contributed by atoms with Gasteiger partial charge < -0.3 is 15.4 Å². The number of anilines is 2. The molecular formula is C14H17ClN4O. The van der Waals surface area contributed by atoms with Crippen LogP contribution in [0, 0.1) is 0 Å². The predicted octanol–water partition coefficient (Wildman–Crippen LogP) is 2.37. The van der Waals surface area contributed by atoms with Crippen LogP contribution >= 0.6 is 11.6 Å². The Morgan fingerprint density at radius 2 is 2.00 bits per heavy atom. The summed E-state index contributed by atoms with van der Waals surface area (Å²) < 4.78 is 5.14. The first kappa shape index (κ1) is 14.6. The lowest BCUT2D eigenvalue weighted by atomic mass is 10.2. The number of halogens is 1. The minimum atomic E-state index is 0.169. The lowest BCUT2D eigenvalue weighted by Gasteiger charge is -2.23. The van der Waals surface area contributed by atoms with Crippen molar-refractivity contribution in [2.24, 2.45) is 0 Å². The summed E-state index contributed by atoms with van der Waals surface area (Å²) in [6, 6.07) is 11.8. The molecule has 0 spiro atoms. The Hall–Kier alpha value is -1.85. The second-order valence-corrected chi connectivity index (χ2v) is 4.69. The second-order valence-electron chi connectivity index (χ2n) is 4.31. The van der Waals surface area contributed by atoms with E-state index in [1.54, 1.807) is 13.2 Å². The van der Waals surface area contributed by atoms with Crippen molar-refractivity contribution in [2.75, 3.05) is 30.9 Å². The van der Waals surface area contributed by atoms with Crippen molar-refractivity contribution < 1.29 is 4.74 Å². The van der Waals surface area contributed by atoms with Crippen LogP contribution in [0.3, 0.4) is 0 Å². The van der Waals surface area contributed by atoms with E-state index in [9.17, 15) is 0 Å². The van der Waals surface area contributed by atoms with Crippen molar-refractivity contribution in [3.63, 3.8) is 0 Å². The Bertz CT molecular complexity index is 530. The van der Waals surface area contributed by atoms with Crippen LogP contribution in [-0.4, -0.2) is 30.2 Å². The fourth-order valence-electron chi connectivity index (χ4n) is 1.86. The zero-order chi connectivity index (χ0) is 14.4. The van der Waals surface area contributed by atoms with Crippen LogP contribution in [0.4, 0.5) is 11.8 Å². The SMILES string of the molecule is COCCN(Cc1ccccc1)c1cc(Cl)nc(N)n1. The maximum absolute atomic E-state index is 5.94. The van der Waals surface area contributed by atoms with Gasteiger partial charge in [-0.2, -0.15) is 4.98 Å². The zero-order valence-corrected chi connectivity index (χ0v) is 12.0. The average molecular weight is 293 g/mol. The van der Waals surface area contributed by atoms with E-state index in [0.717, 1.165) is 0 Å². The van der Waals surface area contributed by atoms with E-state index in [1.165, 1.54) is 5.56 Å². The molecule has 5 nitrogen and oxygen atoms in total. The van der Waals surface area contributed by atoms with E-state index in [2.05, 4.69) is 27.0 Å². The molecule has 0 aliphatic rings. The van der Waals surface area contributed by atoms with Crippen LogP contribution in [0.2, 0.25) is 5.15 Å². The van der Waals surface area contributed by atoms with E-state index >= 15 is 0 Å². The van der Waals surface area contributed by atoms with Gasteiger partial charge in [-0.25, -0.2) is 4.98 Å². The smallest absolute Gasteiger partial charge is 0.223 e. The quantitative estimate of drug-likeness (QED) is 0.828. The Morgan fingerprint density at radius 3 is 2.65 bits per heavy atom. The number of aromatic nitrogens is 2. The molecule has 0 amide bonds. The van der Waals surface area contributed by atoms with Crippen LogP contribution in [0.25, 0.3) is 0 Å². The molecule has 1 aromatic heterocycles. The maximum atomic E-state index is 5.94. The van der Waals surface area contributed by atoms with E-state index < -0.39 is 0 Å². The highest BCUT2D eigenvalue weighted by molar-refractivity contribution is 6.29. The molecule has 0 aliphatic carbocycles. The number of methoxy groups -OCH3 is 1. The molecule has 1 heterocycles. The standard InChI is InChI=1S/C14H17ClN4O/c1-20-8-7-19(10-11-5-3-2-4-6-11)13-9-12(15)17-14(16)18-13/h2-6,9H,7-8,10H2,1H3,(H2,16,17,18). The van der Waals surface area contributed by atoms with Crippen molar-refractivity contribution in [3.05, 3.63) is 47.1 Å². The first-order valence-electron chi connectivity index (χ1n) is 6.27. The first-order chi connectivity index (χ1) is 9.69. The predicted molar refractivity (Wildman–Crippen MR) is 80.8 cm³/mol. The number of nitrogen functional groups attached to an aromatic ring is 1. The first-order valence-corrected chi connectivity index (χ1v) is 6.64. The molecule has 20 heavy (non-hydrogen) atoms. The largest absolute Gasteiger partial charge is 0.383 e. The van der Waals surface area contributed by atoms with Crippen molar-refractivity contribution in [3.8, 4) is 0 Å². The molecule has 2 rings (SSSR count). The summed E-state index contributed by atoms with van der Waals surface area (Å²) in [6.07, 6.45) is 0. The van der Waals surface area contributed by atoms with Gasteiger partial charge in [-0.1, -0.05) is 41.9 Å². The van der Waals surface area contributed by atoms with E-state index in [0.29, 0.717) is 30.7 Å². The highest BCUT2D eigenvalue weighted by Crippen LogP contribution is 2.19. The fraction of sp³-hybridized carbons (Fsp3) is 0.286. The Balaban J connectivity index is 2.22. The Kier molecular flexibility index (Phi) is 5.15. The van der Waals surface area contributed by atoms with Crippen molar-refractivity contribution in [2.45, 2.75) is 6.54 Å². The minimum absolute atomic E-state index is 0.169. The summed E-state index contributed by atoms with van der Waals surface area (Å²) in [5.41, 5.74) is 6.83. The molecule has 0 saturated heterocycles. The molecule has 0 bridgehead atoms. The van der Waals surface area contributed by atoms with Gasteiger partial charge in [0.15, 0.2) is 0 Å². The maximum Gasteiger partial charge on any atom is 0.223 e. The molecule has 0 atom stereocenters. The van der Waals surface area contributed by atoms with Crippen LogP contribution in [0.1, 0.15) is 5.56 Å². The van der Waals surface area contributed by atoms with E-state index in [4.69, 9.17) is 22.1 Å². The summed E-state index contributed by atoms with van der Waals surface area (Å²) in [5.74, 6) is 0.867. The van der Waals surface area contributed by atoms with Crippen LogP contribution in [0.15, 0.2) is 36.4 Å². The van der Waals surface area contributed by atoms with Gasteiger partial charge in [0, 0.05) is 26.3 Å². The van der Waals surface area contributed by atoms with Crippen molar-refractivity contribution >= 4 is 23.4 Å². The van der Waals surface area contributed by atoms with Gasteiger partial charge in [0.1, 0.15) is 11.0 Å². The van der Waals surface area contributed by atoms with Gasteiger partial charge in [-0.15, -0.1) is 0 Å².